The van der Waals surface area contributed by atoms with Crippen LogP contribution in [0, 0.1) is 0 Å². The number of aromatic nitrogens is 3. The van der Waals surface area contributed by atoms with Gasteiger partial charge in [0.05, 0.1) is 26.8 Å². The van der Waals surface area contributed by atoms with Crippen molar-refractivity contribution in [1.29, 1.82) is 0 Å². The maximum atomic E-state index is 13.0. The Morgan fingerprint density at radius 3 is 2.50 bits per heavy atom. The summed E-state index contributed by atoms with van der Waals surface area (Å²) in [5, 5.41) is 6.10. The lowest BCUT2D eigenvalue weighted by atomic mass is 10.1. The summed E-state index contributed by atoms with van der Waals surface area (Å²) in [6.07, 6.45) is -4.43. The van der Waals surface area contributed by atoms with E-state index in [2.05, 4.69) is 20.6 Å². The number of carbonyl (C=O) groups excluding carboxylic acids is 2. The van der Waals surface area contributed by atoms with Gasteiger partial charge < -0.3 is 20.1 Å². The van der Waals surface area contributed by atoms with E-state index in [1.54, 1.807) is 50.8 Å². The molecule has 4 aromatic rings. The van der Waals surface area contributed by atoms with Crippen molar-refractivity contribution in [3.8, 4) is 0 Å². The molecular formula is C22H21F3N6O2S. The summed E-state index contributed by atoms with van der Waals surface area (Å²) in [5.74, 6) is -0.216. The molecule has 2 heterocycles. The Morgan fingerprint density at radius 1 is 1.09 bits per heavy atom. The van der Waals surface area contributed by atoms with Gasteiger partial charge in [-0.25, -0.2) is 9.97 Å². The smallest absolute Gasteiger partial charge is 0.347 e. The van der Waals surface area contributed by atoms with E-state index in [1.165, 1.54) is 11.0 Å². The van der Waals surface area contributed by atoms with Gasteiger partial charge in [-0.05, 0) is 43.3 Å². The Balaban J connectivity index is 1.58. The zero-order valence-electron chi connectivity index (χ0n) is 18.7. The molecule has 0 aliphatic heterocycles. The van der Waals surface area contributed by atoms with Gasteiger partial charge in [0.1, 0.15) is 6.04 Å². The fraction of sp³-hybridized carbons (Fsp3) is 0.273. The third-order valence-corrected chi connectivity index (χ3v) is 6.17. The number of rotatable bonds is 5. The lowest BCUT2D eigenvalue weighted by Gasteiger charge is -2.17. The summed E-state index contributed by atoms with van der Waals surface area (Å²) in [4.78, 5) is 34.8. The van der Waals surface area contributed by atoms with E-state index in [0.717, 1.165) is 29.0 Å². The van der Waals surface area contributed by atoms with Gasteiger partial charge in [0, 0.05) is 26.7 Å². The molecule has 0 bridgehead atoms. The summed E-state index contributed by atoms with van der Waals surface area (Å²) in [5.41, 5.74) is 1.32. The molecule has 0 saturated heterocycles. The molecule has 34 heavy (non-hydrogen) atoms. The van der Waals surface area contributed by atoms with Crippen molar-refractivity contribution in [2.75, 3.05) is 19.4 Å². The van der Waals surface area contributed by atoms with Crippen LogP contribution < -0.4 is 10.6 Å². The van der Waals surface area contributed by atoms with Crippen LogP contribution >= 0.6 is 11.3 Å². The van der Waals surface area contributed by atoms with E-state index >= 15 is 0 Å². The van der Waals surface area contributed by atoms with E-state index in [9.17, 15) is 22.8 Å². The van der Waals surface area contributed by atoms with Crippen molar-refractivity contribution in [3.63, 3.8) is 0 Å². The third kappa shape index (κ3) is 4.53. The number of nitrogens with one attached hydrogen (secondary N) is 2. The minimum absolute atomic E-state index is 0.225. The number of halogens is 3. The van der Waals surface area contributed by atoms with Gasteiger partial charge in [0.15, 0.2) is 5.13 Å². The highest BCUT2D eigenvalue weighted by Crippen LogP contribution is 2.35. The van der Waals surface area contributed by atoms with Crippen LogP contribution in [0.1, 0.15) is 22.8 Å². The Bertz CT molecular complexity index is 1410. The van der Waals surface area contributed by atoms with Gasteiger partial charge in [0.2, 0.25) is 11.9 Å². The van der Waals surface area contributed by atoms with Crippen LogP contribution in [0.3, 0.4) is 0 Å². The monoisotopic (exact) mass is 490 g/mol. The second-order valence-corrected chi connectivity index (χ2v) is 8.98. The largest absolute Gasteiger partial charge is 0.416 e. The molecule has 4 rings (SSSR count). The second kappa shape index (κ2) is 8.60. The zero-order valence-corrected chi connectivity index (χ0v) is 19.5. The number of fused-ring (bicyclic) bond motifs is 2. The Morgan fingerprint density at radius 2 is 1.82 bits per heavy atom. The van der Waals surface area contributed by atoms with Crippen molar-refractivity contribution >= 4 is 55.5 Å². The third-order valence-electron chi connectivity index (χ3n) is 5.24. The van der Waals surface area contributed by atoms with Gasteiger partial charge in [-0.2, -0.15) is 13.2 Å². The Hall–Kier alpha value is -3.67. The Labute approximate surface area is 196 Å². The van der Waals surface area contributed by atoms with Crippen LogP contribution in [0.2, 0.25) is 0 Å². The lowest BCUT2D eigenvalue weighted by molar-refractivity contribution is -0.137. The number of carbonyl (C=O) groups is 2. The number of thiazole rings is 1. The van der Waals surface area contributed by atoms with Crippen LogP contribution in [0.25, 0.3) is 21.3 Å². The van der Waals surface area contributed by atoms with Crippen molar-refractivity contribution in [3.05, 3.63) is 47.5 Å². The predicted molar refractivity (Wildman–Crippen MR) is 124 cm³/mol. The first-order valence-corrected chi connectivity index (χ1v) is 11.0. The normalized spacial score (nSPS) is 12.7. The molecule has 8 nitrogen and oxygen atoms in total. The van der Waals surface area contributed by atoms with Crippen molar-refractivity contribution < 1.29 is 22.8 Å². The second-order valence-electron chi connectivity index (χ2n) is 7.95. The molecule has 0 fully saturated rings. The molecule has 1 unspecified atom stereocenters. The molecule has 2 amide bonds. The zero-order chi connectivity index (χ0) is 24.8. The highest BCUT2D eigenvalue weighted by Gasteiger charge is 2.30. The summed E-state index contributed by atoms with van der Waals surface area (Å²) in [6, 6.07) is 7.69. The number of alkyl halides is 3. The number of amides is 2. The maximum Gasteiger partial charge on any atom is 0.416 e. The molecule has 2 aromatic carbocycles. The molecule has 0 aliphatic carbocycles. The quantitative estimate of drug-likeness (QED) is 0.439. The Kier molecular flexibility index (Phi) is 5.94. The number of aryl methyl sites for hydroxylation is 1. The number of hydrogen-bond acceptors (Lipinski definition) is 6. The minimum atomic E-state index is -4.43. The van der Waals surface area contributed by atoms with Crippen LogP contribution in [0.5, 0.6) is 0 Å². The van der Waals surface area contributed by atoms with Crippen molar-refractivity contribution in [2.24, 2.45) is 7.05 Å². The summed E-state index contributed by atoms with van der Waals surface area (Å²) >= 11 is 1.09. The molecule has 0 saturated carbocycles. The fourth-order valence-corrected chi connectivity index (χ4v) is 4.33. The van der Waals surface area contributed by atoms with Crippen LogP contribution in [0.4, 0.5) is 24.3 Å². The first kappa shape index (κ1) is 23.5. The van der Waals surface area contributed by atoms with Gasteiger partial charge in [-0.15, -0.1) is 0 Å². The van der Waals surface area contributed by atoms with Crippen molar-refractivity contribution in [1.82, 2.24) is 24.8 Å². The van der Waals surface area contributed by atoms with E-state index in [1.807, 2.05) is 0 Å². The first-order chi connectivity index (χ1) is 15.9. The summed E-state index contributed by atoms with van der Waals surface area (Å²) in [6.45, 7) is 1.61. The van der Waals surface area contributed by atoms with Crippen LogP contribution in [0.15, 0.2) is 36.4 Å². The molecular weight excluding hydrogens is 469 g/mol. The molecule has 0 spiro atoms. The van der Waals surface area contributed by atoms with Gasteiger partial charge in [0.25, 0.3) is 5.91 Å². The van der Waals surface area contributed by atoms with Crippen LogP contribution in [-0.2, 0) is 18.0 Å². The molecule has 178 valence electrons. The summed E-state index contributed by atoms with van der Waals surface area (Å²) < 4.78 is 41.1. The molecule has 1 atom stereocenters. The van der Waals surface area contributed by atoms with E-state index < -0.39 is 23.7 Å². The number of imidazole rings is 1. The van der Waals surface area contributed by atoms with E-state index in [0.29, 0.717) is 32.4 Å². The number of likely N-dealkylation sites (N-methyl/N-ethyl adjacent to an activating group) is 1. The van der Waals surface area contributed by atoms with Crippen molar-refractivity contribution in [2.45, 2.75) is 19.1 Å². The molecule has 12 heteroatoms. The highest BCUT2D eigenvalue weighted by molar-refractivity contribution is 7.22. The molecule has 0 aliphatic rings. The minimum Gasteiger partial charge on any atom is -0.347 e. The highest BCUT2D eigenvalue weighted by atomic mass is 32.1. The van der Waals surface area contributed by atoms with E-state index in [4.69, 9.17) is 0 Å². The number of hydrogen-bond donors (Lipinski definition) is 2. The molecule has 2 N–H and O–H groups in total. The van der Waals surface area contributed by atoms with E-state index in [-0.39, 0.29) is 5.91 Å². The summed E-state index contributed by atoms with van der Waals surface area (Å²) in [7, 11) is 4.99. The predicted octanol–water partition coefficient (Wildman–Crippen LogP) is 4.15. The fourth-order valence-electron chi connectivity index (χ4n) is 3.43. The first-order valence-electron chi connectivity index (χ1n) is 10.2. The lowest BCUT2D eigenvalue weighted by Crippen LogP contribution is -2.44. The topological polar surface area (TPSA) is 92.1 Å². The van der Waals surface area contributed by atoms with Gasteiger partial charge in [-0.1, -0.05) is 11.3 Å². The van der Waals surface area contributed by atoms with Crippen LogP contribution in [-0.4, -0.2) is 51.4 Å². The number of nitrogens with zero attached hydrogens (tertiary/aromatic N) is 4. The standard InChI is InChI=1S/C22H21F3N6O2S/c1-11(19(33)30(2)3)26-18(32)12-5-8-16-15(9-12)27-20(31(16)4)29-21-28-14-7-6-13(22(23,24)25)10-17(14)34-21/h5-11H,1-4H3,(H,26,32)(H,27,28,29). The number of benzene rings is 2. The average molecular weight is 491 g/mol. The maximum absolute atomic E-state index is 13.0. The van der Waals surface area contributed by atoms with Gasteiger partial charge >= 0.3 is 6.18 Å². The average Bonchev–Trinajstić information content (AvgIpc) is 3.31. The molecule has 2 aromatic heterocycles. The molecule has 0 radical (unpaired) electrons. The SMILES string of the molecule is CC(NC(=O)c1ccc2c(c1)nc(Nc1nc3ccc(C(F)(F)F)cc3s1)n2C)C(=O)N(C)C. The van der Waals surface area contributed by atoms with Gasteiger partial charge in [-0.3, -0.25) is 9.59 Å². The number of anilines is 2.